The van der Waals surface area contributed by atoms with Crippen LogP contribution in [0.5, 0.6) is 0 Å². The first kappa shape index (κ1) is 14.6. The molecule has 1 aromatic rings. The molecule has 1 amide bonds. The van der Waals surface area contributed by atoms with Crippen LogP contribution >= 0.6 is 0 Å². The van der Waals surface area contributed by atoms with Gasteiger partial charge in [0.15, 0.2) is 0 Å². The van der Waals surface area contributed by atoms with Crippen LogP contribution in [0.3, 0.4) is 0 Å². The highest BCUT2D eigenvalue weighted by molar-refractivity contribution is 5.99. The van der Waals surface area contributed by atoms with E-state index in [1.807, 2.05) is 4.90 Å². The molecule has 1 aromatic carbocycles. The van der Waals surface area contributed by atoms with Gasteiger partial charge in [-0.1, -0.05) is 44.4 Å². The van der Waals surface area contributed by atoms with Gasteiger partial charge in [-0.25, -0.2) is 0 Å². The Hall–Kier alpha value is -1.35. The number of hydrogen-bond donors (Lipinski definition) is 1. The van der Waals surface area contributed by atoms with Crippen LogP contribution in [0.4, 0.5) is 5.69 Å². The molecule has 0 radical (unpaired) electrons. The van der Waals surface area contributed by atoms with Crippen molar-refractivity contribution in [3.8, 4) is 0 Å². The van der Waals surface area contributed by atoms with E-state index < -0.39 is 0 Å². The molecule has 2 atom stereocenters. The summed E-state index contributed by atoms with van der Waals surface area (Å²) in [6.45, 7) is 4.09. The Balaban J connectivity index is 1.75. The number of anilines is 1. The van der Waals surface area contributed by atoms with Crippen LogP contribution in [0.1, 0.15) is 56.9 Å². The van der Waals surface area contributed by atoms with Crippen LogP contribution < -0.4 is 10.2 Å². The Morgan fingerprint density at radius 2 is 2.19 bits per heavy atom. The predicted octanol–water partition coefficient (Wildman–Crippen LogP) is 3.45. The molecular weight excluding hydrogens is 260 g/mol. The topological polar surface area (TPSA) is 32.3 Å². The average molecular weight is 286 g/mol. The fraction of sp³-hybridized carbons (Fsp3) is 0.611. The van der Waals surface area contributed by atoms with Gasteiger partial charge in [0.05, 0.1) is 6.04 Å². The second kappa shape index (κ2) is 6.61. The largest absolute Gasteiger partial charge is 0.310 e. The van der Waals surface area contributed by atoms with E-state index in [-0.39, 0.29) is 11.9 Å². The summed E-state index contributed by atoms with van der Waals surface area (Å²) in [6.07, 6.45) is 7.11. The predicted molar refractivity (Wildman–Crippen MR) is 86.7 cm³/mol. The Bertz CT molecular complexity index is 494. The highest BCUT2D eigenvalue weighted by Gasteiger charge is 2.35. The molecule has 114 valence electrons. The second-order valence-corrected chi connectivity index (χ2v) is 6.35. The Labute approximate surface area is 127 Å². The summed E-state index contributed by atoms with van der Waals surface area (Å²) < 4.78 is 0. The van der Waals surface area contributed by atoms with Gasteiger partial charge in [-0.2, -0.15) is 0 Å². The summed E-state index contributed by atoms with van der Waals surface area (Å²) in [5, 5.41) is 3.34. The number of carbonyl (C=O) groups is 1. The van der Waals surface area contributed by atoms with Gasteiger partial charge in [0.25, 0.3) is 0 Å². The van der Waals surface area contributed by atoms with Gasteiger partial charge < -0.3 is 10.2 Å². The van der Waals surface area contributed by atoms with E-state index >= 15 is 0 Å². The lowest BCUT2D eigenvalue weighted by atomic mass is 9.95. The minimum absolute atomic E-state index is 0.0347. The van der Waals surface area contributed by atoms with Crippen LogP contribution in [0, 0.1) is 0 Å². The quantitative estimate of drug-likeness (QED) is 0.841. The maximum Gasteiger partial charge on any atom is 0.244 e. The monoisotopic (exact) mass is 286 g/mol. The zero-order chi connectivity index (χ0) is 14.7. The summed E-state index contributed by atoms with van der Waals surface area (Å²) in [5.41, 5.74) is 2.53. The Morgan fingerprint density at radius 3 is 2.95 bits per heavy atom. The van der Waals surface area contributed by atoms with Gasteiger partial charge in [0.1, 0.15) is 0 Å². The van der Waals surface area contributed by atoms with Crippen molar-refractivity contribution in [3.05, 3.63) is 29.8 Å². The molecule has 3 nitrogen and oxygen atoms in total. The summed E-state index contributed by atoms with van der Waals surface area (Å²) in [6, 6.07) is 8.51. The van der Waals surface area contributed by atoms with Crippen molar-refractivity contribution in [2.45, 2.75) is 57.4 Å². The minimum atomic E-state index is 0.0347. The number of para-hydroxylation sites is 1. The normalized spacial score (nSPS) is 24.3. The van der Waals surface area contributed by atoms with E-state index in [9.17, 15) is 4.79 Å². The second-order valence-electron chi connectivity index (χ2n) is 6.35. The lowest BCUT2D eigenvalue weighted by Crippen LogP contribution is -2.43. The average Bonchev–Trinajstić information content (AvgIpc) is 3.15. The van der Waals surface area contributed by atoms with Gasteiger partial charge in [0.2, 0.25) is 5.91 Å². The summed E-state index contributed by atoms with van der Waals surface area (Å²) in [5.74, 6) is 0.802. The Morgan fingerprint density at radius 1 is 1.33 bits per heavy atom. The molecule has 3 rings (SSSR count). The molecule has 1 unspecified atom stereocenters. The van der Waals surface area contributed by atoms with Gasteiger partial charge in [-0.3, -0.25) is 4.79 Å². The molecule has 0 spiro atoms. The summed E-state index contributed by atoms with van der Waals surface area (Å²) in [7, 11) is 0. The minimum Gasteiger partial charge on any atom is -0.310 e. The Kier molecular flexibility index (Phi) is 4.59. The number of fused-ring (bicyclic) bond motifs is 1. The van der Waals surface area contributed by atoms with Crippen LogP contribution in [0.15, 0.2) is 24.3 Å². The third-order valence-corrected chi connectivity index (χ3v) is 4.85. The number of benzene rings is 1. The number of nitrogens with zero attached hydrogens (tertiary/aromatic N) is 1. The van der Waals surface area contributed by atoms with E-state index in [0.29, 0.717) is 5.92 Å². The van der Waals surface area contributed by atoms with E-state index in [4.69, 9.17) is 0 Å². The van der Waals surface area contributed by atoms with E-state index in [1.54, 1.807) is 0 Å². The van der Waals surface area contributed by atoms with E-state index in [1.165, 1.54) is 31.2 Å². The van der Waals surface area contributed by atoms with Crippen molar-refractivity contribution in [2.75, 3.05) is 18.0 Å². The molecule has 21 heavy (non-hydrogen) atoms. The van der Waals surface area contributed by atoms with Crippen LogP contribution in [0.25, 0.3) is 0 Å². The summed E-state index contributed by atoms with van der Waals surface area (Å²) in [4.78, 5) is 14.8. The number of carbonyl (C=O) groups excluding carboxylic acids is 1. The first-order valence-electron chi connectivity index (χ1n) is 8.45. The molecule has 3 heteroatoms. The van der Waals surface area contributed by atoms with Crippen molar-refractivity contribution in [1.82, 2.24) is 5.32 Å². The molecule has 2 heterocycles. The molecule has 1 N–H and O–H groups in total. The van der Waals surface area contributed by atoms with Crippen molar-refractivity contribution in [3.63, 3.8) is 0 Å². The number of rotatable bonds is 5. The molecule has 2 aliphatic rings. The fourth-order valence-corrected chi connectivity index (χ4v) is 3.68. The van der Waals surface area contributed by atoms with Gasteiger partial charge >= 0.3 is 0 Å². The number of hydrogen-bond acceptors (Lipinski definition) is 2. The number of unbranched alkanes of at least 4 members (excludes halogenated alkanes) is 2. The smallest absolute Gasteiger partial charge is 0.244 e. The molecule has 2 aliphatic heterocycles. The summed E-state index contributed by atoms with van der Waals surface area (Å²) >= 11 is 0. The zero-order valence-electron chi connectivity index (χ0n) is 13.0. The molecule has 0 bridgehead atoms. The van der Waals surface area contributed by atoms with Crippen molar-refractivity contribution in [2.24, 2.45) is 0 Å². The van der Waals surface area contributed by atoms with E-state index in [0.717, 1.165) is 31.6 Å². The highest BCUT2D eigenvalue weighted by atomic mass is 16.2. The molecule has 0 saturated carbocycles. The van der Waals surface area contributed by atoms with E-state index in [2.05, 4.69) is 36.5 Å². The first-order chi connectivity index (χ1) is 10.3. The van der Waals surface area contributed by atoms with Gasteiger partial charge in [-0.05, 0) is 37.4 Å². The standard InChI is InChI=1S/C18H26N2O/c1-2-3-4-8-14-13-20(17-11-6-5-9-15(14)17)18(21)16-10-7-12-19-16/h5-6,9,11,14,16,19H,2-4,7-8,10,12-13H2,1H3/t14?,16-/m1/s1. The molecule has 0 aromatic heterocycles. The van der Waals surface area contributed by atoms with Crippen molar-refractivity contribution in [1.29, 1.82) is 0 Å². The fourth-order valence-electron chi connectivity index (χ4n) is 3.68. The maximum atomic E-state index is 12.7. The van der Waals surface area contributed by atoms with Gasteiger partial charge in [-0.15, -0.1) is 0 Å². The number of amides is 1. The SMILES string of the molecule is CCCCCC1CN(C(=O)[C@H]2CCCN2)c2ccccc21. The lowest BCUT2D eigenvalue weighted by molar-refractivity contribution is -0.120. The molecule has 0 aliphatic carbocycles. The molecular formula is C18H26N2O. The third kappa shape index (κ3) is 2.98. The zero-order valence-corrected chi connectivity index (χ0v) is 13.0. The lowest BCUT2D eigenvalue weighted by Gasteiger charge is -2.22. The highest BCUT2D eigenvalue weighted by Crippen LogP contribution is 2.39. The van der Waals surface area contributed by atoms with Crippen molar-refractivity contribution >= 4 is 11.6 Å². The van der Waals surface area contributed by atoms with Crippen LogP contribution in [-0.4, -0.2) is 25.0 Å². The van der Waals surface area contributed by atoms with Crippen LogP contribution in [-0.2, 0) is 4.79 Å². The van der Waals surface area contributed by atoms with Gasteiger partial charge in [0, 0.05) is 18.2 Å². The third-order valence-electron chi connectivity index (χ3n) is 4.85. The van der Waals surface area contributed by atoms with Crippen LogP contribution in [0.2, 0.25) is 0 Å². The maximum absolute atomic E-state index is 12.7. The number of nitrogens with one attached hydrogen (secondary N) is 1. The first-order valence-corrected chi connectivity index (χ1v) is 8.45. The van der Waals surface area contributed by atoms with Crippen molar-refractivity contribution < 1.29 is 4.79 Å². The molecule has 1 saturated heterocycles. The molecule has 1 fully saturated rings.